The molecule has 0 unspecified atom stereocenters. The van der Waals surface area contributed by atoms with Gasteiger partial charge in [0, 0.05) is 5.69 Å². The summed E-state index contributed by atoms with van der Waals surface area (Å²) in [4.78, 5) is 12.0. The molecule has 0 saturated carbocycles. The molecule has 0 aromatic heterocycles. The van der Waals surface area contributed by atoms with E-state index in [4.69, 9.17) is 23.8 Å². The van der Waals surface area contributed by atoms with Crippen molar-refractivity contribution in [3.05, 3.63) is 64.2 Å². The molecule has 4 nitrogen and oxygen atoms in total. The number of halogens is 1. The van der Waals surface area contributed by atoms with E-state index >= 15 is 0 Å². The molecule has 0 radical (unpaired) electrons. The van der Waals surface area contributed by atoms with Crippen molar-refractivity contribution in [1.29, 1.82) is 0 Å². The van der Waals surface area contributed by atoms with E-state index in [2.05, 4.69) is 16.2 Å². The lowest BCUT2D eigenvalue weighted by Crippen LogP contribution is -2.43. The Balaban J connectivity index is 1.95. The minimum absolute atomic E-state index is 0.300. The zero-order chi connectivity index (χ0) is 16.1. The fourth-order valence-corrected chi connectivity index (χ4v) is 2.25. The second-order valence-electron chi connectivity index (χ2n) is 4.76. The highest BCUT2D eigenvalue weighted by Crippen LogP contribution is 2.17. The van der Waals surface area contributed by atoms with Gasteiger partial charge in [0.15, 0.2) is 5.11 Å². The van der Waals surface area contributed by atoms with Gasteiger partial charge in [-0.25, -0.2) is 0 Å². The van der Waals surface area contributed by atoms with Crippen molar-refractivity contribution < 1.29 is 4.79 Å². The number of thiocarbonyl (C=S) groups is 1. The van der Waals surface area contributed by atoms with Crippen molar-refractivity contribution in [3.8, 4) is 0 Å². The molecular weight excluding hydrogens is 318 g/mol. The maximum absolute atomic E-state index is 12.0. The molecule has 1 amide bonds. The highest BCUT2D eigenvalue weighted by molar-refractivity contribution is 7.80. The molecule has 0 atom stereocenters. The van der Waals surface area contributed by atoms with E-state index in [1.54, 1.807) is 24.3 Å². The van der Waals surface area contributed by atoms with Crippen molar-refractivity contribution in [2.45, 2.75) is 13.8 Å². The average Bonchev–Trinajstić information content (AvgIpc) is 2.50. The Labute approximate surface area is 139 Å². The van der Waals surface area contributed by atoms with Crippen LogP contribution in [0.15, 0.2) is 42.5 Å². The Bertz CT molecular complexity index is 718. The topological polar surface area (TPSA) is 53.2 Å². The zero-order valence-electron chi connectivity index (χ0n) is 12.2. The van der Waals surface area contributed by atoms with Crippen LogP contribution in [0.3, 0.4) is 0 Å². The van der Waals surface area contributed by atoms with Crippen LogP contribution in [0.5, 0.6) is 0 Å². The SMILES string of the molecule is Cc1cccc(NC(=S)NNC(=O)c2ccccc2Cl)c1C. The number of amides is 1. The van der Waals surface area contributed by atoms with Crippen molar-refractivity contribution in [2.75, 3.05) is 5.32 Å². The fraction of sp³-hybridized carbons (Fsp3) is 0.125. The van der Waals surface area contributed by atoms with Crippen LogP contribution in [0, 0.1) is 13.8 Å². The van der Waals surface area contributed by atoms with Gasteiger partial charge in [-0.15, -0.1) is 0 Å². The molecule has 2 rings (SSSR count). The first-order valence-corrected chi connectivity index (χ1v) is 7.45. The monoisotopic (exact) mass is 333 g/mol. The lowest BCUT2D eigenvalue weighted by Gasteiger charge is -2.14. The summed E-state index contributed by atoms with van der Waals surface area (Å²) in [7, 11) is 0. The molecule has 0 aliphatic heterocycles. The van der Waals surface area contributed by atoms with Gasteiger partial charge in [0.1, 0.15) is 0 Å². The van der Waals surface area contributed by atoms with Gasteiger partial charge in [-0.1, -0.05) is 35.9 Å². The van der Waals surface area contributed by atoms with Crippen molar-refractivity contribution in [2.24, 2.45) is 0 Å². The molecule has 114 valence electrons. The van der Waals surface area contributed by atoms with Gasteiger partial charge in [-0.2, -0.15) is 0 Å². The first-order valence-electron chi connectivity index (χ1n) is 6.67. The number of carbonyl (C=O) groups is 1. The summed E-state index contributed by atoms with van der Waals surface area (Å²) >= 11 is 11.1. The summed E-state index contributed by atoms with van der Waals surface area (Å²) < 4.78 is 0. The number of rotatable bonds is 2. The highest BCUT2D eigenvalue weighted by Gasteiger charge is 2.09. The lowest BCUT2D eigenvalue weighted by atomic mass is 10.1. The third-order valence-corrected chi connectivity index (χ3v) is 3.79. The fourth-order valence-electron chi connectivity index (χ4n) is 1.87. The molecule has 0 aliphatic rings. The number of anilines is 1. The Hall–Kier alpha value is -2.11. The highest BCUT2D eigenvalue weighted by atomic mass is 35.5. The van der Waals surface area contributed by atoms with Gasteiger partial charge in [-0.3, -0.25) is 15.6 Å². The lowest BCUT2D eigenvalue weighted by molar-refractivity contribution is 0.0944. The summed E-state index contributed by atoms with van der Waals surface area (Å²) in [6.07, 6.45) is 0. The van der Waals surface area contributed by atoms with E-state index in [1.807, 2.05) is 32.0 Å². The van der Waals surface area contributed by atoms with E-state index in [1.165, 1.54) is 0 Å². The van der Waals surface area contributed by atoms with Gasteiger partial charge in [0.05, 0.1) is 10.6 Å². The van der Waals surface area contributed by atoms with Gasteiger partial charge in [0.25, 0.3) is 5.91 Å². The van der Waals surface area contributed by atoms with E-state index < -0.39 is 0 Å². The number of hydrogen-bond donors (Lipinski definition) is 3. The van der Waals surface area contributed by atoms with Crippen LogP contribution in [-0.2, 0) is 0 Å². The zero-order valence-corrected chi connectivity index (χ0v) is 13.8. The van der Waals surface area contributed by atoms with Crippen molar-refractivity contribution >= 4 is 40.5 Å². The Morgan fingerprint density at radius 1 is 1.05 bits per heavy atom. The maximum atomic E-state index is 12.0. The second-order valence-corrected chi connectivity index (χ2v) is 5.58. The standard InChI is InChI=1S/C16H16ClN3OS/c1-10-6-5-9-14(11(10)2)18-16(22)20-19-15(21)12-7-3-4-8-13(12)17/h3-9H,1-2H3,(H,19,21)(H2,18,20,22). The van der Waals surface area contributed by atoms with Gasteiger partial charge < -0.3 is 5.32 Å². The molecule has 0 saturated heterocycles. The largest absolute Gasteiger partial charge is 0.331 e. The normalized spacial score (nSPS) is 9.95. The van der Waals surface area contributed by atoms with Crippen LogP contribution >= 0.6 is 23.8 Å². The Morgan fingerprint density at radius 2 is 1.77 bits per heavy atom. The van der Waals surface area contributed by atoms with E-state index in [0.717, 1.165) is 16.8 Å². The van der Waals surface area contributed by atoms with Crippen molar-refractivity contribution in [3.63, 3.8) is 0 Å². The second kappa shape index (κ2) is 7.24. The van der Waals surface area contributed by atoms with Crippen LogP contribution in [0.25, 0.3) is 0 Å². The number of benzene rings is 2. The summed E-state index contributed by atoms with van der Waals surface area (Å²) in [6.45, 7) is 4.03. The molecule has 0 fully saturated rings. The predicted octanol–water partition coefficient (Wildman–Crippen LogP) is 3.59. The number of hydrogen-bond acceptors (Lipinski definition) is 2. The van der Waals surface area contributed by atoms with E-state index in [0.29, 0.717) is 15.7 Å². The number of aryl methyl sites for hydroxylation is 1. The van der Waals surface area contributed by atoms with E-state index in [-0.39, 0.29) is 5.91 Å². The van der Waals surface area contributed by atoms with Gasteiger partial charge >= 0.3 is 0 Å². The molecule has 6 heteroatoms. The third kappa shape index (κ3) is 3.96. The minimum atomic E-state index is -0.351. The first kappa shape index (κ1) is 16.3. The molecule has 2 aromatic rings. The average molecular weight is 334 g/mol. The predicted molar refractivity (Wildman–Crippen MR) is 94.2 cm³/mol. The van der Waals surface area contributed by atoms with Gasteiger partial charge in [-0.05, 0) is 55.4 Å². The van der Waals surface area contributed by atoms with Crippen molar-refractivity contribution in [1.82, 2.24) is 10.9 Å². The van der Waals surface area contributed by atoms with Crippen LogP contribution in [0.4, 0.5) is 5.69 Å². The summed E-state index contributed by atoms with van der Waals surface area (Å²) in [5, 5.41) is 3.73. The van der Waals surface area contributed by atoms with Crippen LogP contribution < -0.4 is 16.2 Å². The Morgan fingerprint density at radius 3 is 2.50 bits per heavy atom. The van der Waals surface area contributed by atoms with Crippen LogP contribution in [-0.4, -0.2) is 11.0 Å². The van der Waals surface area contributed by atoms with E-state index in [9.17, 15) is 4.79 Å². The number of carbonyl (C=O) groups excluding carboxylic acids is 1. The minimum Gasteiger partial charge on any atom is -0.331 e. The smallest absolute Gasteiger partial charge is 0.271 e. The molecule has 22 heavy (non-hydrogen) atoms. The van der Waals surface area contributed by atoms with Crippen LogP contribution in [0.1, 0.15) is 21.5 Å². The summed E-state index contributed by atoms with van der Waals surface area (Å²) in [5.74, 6) is -0.351. The molecule has 3 N–H and O–H groups in total. The molecule has 0 spiro atoms. The molecule has 2 aromatic carbocycles. The molecular formula is C16H16ClN3OS. The number of nitrogens with one attached hydrogen (secondary N) is 3. The summed E-state index contributed by atoms with van der Waals surface area (Å²) in [5.41, 5.74) is 8.72. The molecule has 0 bridgehead atoms. The van der Waals surface area contributed by atoms with Crippen LogP contribution in [0.2, 0.25) is 5.02 Å². The first-order chi connectivity index (χ1) is 10.5. The van der Waals surface area contributed by atoms with Gasteiger partial charge in [0.2, 0.25) is 0 Å². The Kier molecular flexibility index (Phi) is 5.35. The summed E-state index contributed by atoms with van der Waals surface area (Å²) in [6, 6.07) is 12.7. The third-order valence-electron chi connectivity index (χ3n) is 3.26. The number of hydrazine groups is 1. The molecule has 0 heterocycles. The maximum Gasteiger partial charge on any atom is 0.271 e. The molecule has 0 aliphatic carbocycles. The quantitative estimate of drug-likeness (QED) is 0.580.